The number of rotatable bonds is 2. The first-order valence-corrected chi connectivity index (χ1v) is 5.25. The monoisotopic (exact) mass is 207 g/mol. The summed E-state index contributed by atoms with van der Waals surface area (Å²) in [6.07, 6.45) is 1.40. The number of amides is 1. The zero-order valence-corrected chi connectivity index (χ0v) is 8.93. The number of benzene rings is 1. The van der Waals surface area contributed by atoms with E-state index in [1.54, 1.807) is 6.07 Å². The first-order chi connectivity index (χ1) is 7.14. The standard InChI is InChI=1S/C12H14FNO/c1-3-12(4-2)9-7-8(13)5-6-10(9)14-11(12)15/h5-7H,3-4H2,1-2H3,(H,14,15). The summed E-state index contributed by atoms with van der Waals surface area (Å²) in [6, 6.07) is 4.48. The van der Waals surface area contributed by atoms with E-state index in [9.17, 15) is 9.18 Å². The van der Waals surface area contributed by atoms with E-state index in [4.69, 9.17) is 0 Å². The smallest absolute Gasteiger partial charge is 0.235 e. The molecule has 0 spiro atoms. The Morgan fingerprint density at radius 2 is 2.00 bits per heavy atom. The molecule has 0 saturated heterocycles. The zero-order chi connectivity index (χ0) is 11.1. The van der Waals surface area contributed by atoms with Crippen LogP contribution in [-0.4, -0.2) is 5.91 Å². The average molecular weight is 207 g/mol. The Hall–Kier alpha value is -1.38. The second-order valence-electron chi connectivity index (χ2n) is 3.93. The van der Waals surface area contributed by atoms with Crippen molar-refractivity contribution in [2.24, 2.45) is 0 Å². The van der Waals surface area contributed by atoms with Gasteiger partial charge in [-0.25, -0.2) is 4.39 Å². The summed E-state index contributed by atoms with van der Waals surface area (Å²) < 4.78 is 13.2. The summed E-state index contributed by atoms with van der Waals surface area (Å²) in [4.78, 5) is 11.9. The second-order valence-corrected chi connectivity index (χ2v) is 3.93. The van der Waals surface area contributed by atoms with Crippen LogP contribution in [0.4, 0.5) is 10.1 Å². The van der Waals surface area contributed by atoms with Crippen molar-refractivity contribution in [1.29, 1.82) is 0 Å². The van der Waals surface area contributed by atoms with Crippen molar-refractivity contribution in [3.63, 3.8) is 0 Å². The van der Waals surface area contributed by atoms with Gasteiger partial charge >= 0.3 is 0 Å². The molecule has 0 radical (unpaired) electrons. The minimum Gasteiger partial charge on any atom is -0.325 e. The van der Waals surface area contributed by atoms with Crippen molar-refractivity contribution in [3.05, 3.63) is 29.6 Å². The molecule has 1 aliphatic rings. The highest BCUT2D eigenvalue weighted by Crippen LogP contribution is 2.42. The predicted octanol–water partition coefficient (Wildman–Crippen LogP) is 2.84. The maximum absolute atomic E-state index is 13.2. The number of carbonyl (C=O) groups is 1. The molecule has 1 N–H and O–H groups in total. The van der Waals surface area contributed by atoms with Crippen LogP contribution in [0.3, 0.4) is 0 Å². The van der Waals surface area contributed by atoms with Crippen LogP contribution in [0.25, 0.3) is 0 Å². The van der Waals surface area contributed by atoms with Crippen LogP contribution in [0.2, 0.25) is 0 Å². The lowest BCUT2D eigenvalue weighted by atomic mass is 9.77. The van der Waals surface area contributed by atoms with E-state index >= 15 is 0 Å². The third-order valence-electron chi connectivity index (χ3n) is 3.39. The van der Waals surface area contributed by atoms with Crippen molar-refractivity contribution in [2.45, 2.75) is 32.1 Å². The second kappa shape index (κ2) is 3.33. The molecule has 0 aliphatic carbocycles. The predicted molar refractivity (Wildman–Crippen MR) is 57.3 cm³/mol. The molecule has 2 nitrogen and oxygen atoms in total. The molecular formula is C12H14FNO. The van der Waals surface area contributed by atoms with Crippen molar-refractivity contribution in [2.75, 3.05) is 5.32 Å². The zero-order valence-electron chi connectivity index (χ0n) is 8.93. The van der Waals surface area contributed by atoms with Gasteiger partial charge in [-0.3, -0.25) is 4.79 Å². The Morgan fingerprint density at radius 3 is 2.60 bits per heavy atom. The van der Waals surface area contributed by atoms with E-state index in [1.165, 1.54) is 12.1 Å². The molecule has 15 heavy (non-hydrogen) atoms. The van der Waals surface area contributed by atoms with E-state index in [0.717, 1.165) is 11.3 Å². The Labute approximate surface area is 88.5 Å². The summed E-state index contributed by atoms with van der Waals surface area (Å²) in [5.41, 5.74) is 1.03. The van der Waals surface area contributed by atoms with Gasteiger partial charge in [0.05, 0.1) is 5.41 Å². The summed E-state index contributed by atoms with van der Waals surface area (Å²) in [7, 11) is 0. The van der Waals surface area contributed by atoms with Crippen LogP contribution in [0.1, 0.15) is 32.3 Å². The molecule has 0 fully saturated rings. The van der Waals surface area contributed by atoms with Crippen LogP contribution in [-0.2, 0) is 10.2 Å². The molecule has 0 saturated carbocycles. The van der Waals surface area contributed by atoms with E-state index in [2.05, 4.69) is 5.32 Å². The Bertz CT molecular complexity index is 410. The van der Waals surface area contributed by atoms with E-state index in [1.807, 2.05) is 13.8 Å². The molecule has 80 valence electrons. The molecule has 0 aromatic heterocycles. The minimum absolute atomic E-state index is 0.00639. The van der Waals surface area contributed by atoms with Gasteiger partial charge in [0.15, 0.2) is 0 Å². The molecule has 3 heteroatoms. The minimum atomic E-state index is -0.530. The number of fused-ring (bicyclic) bond motifs is 1. The molecule has 1 aliphatic heterocycles. The lowest BCUT2D eigenvalue weighted by Crippen LogP contribution is -2.32. The lowest BCUT2D eigenvalue weighted by Gasteiger charge is -2.23. The number of hydrogen-bond donors (Lipinski definition) is 1. The number of halogens is 1. The number of hydrogen-bond acceptors (Lipinski definition) is 1. The van der Waals surface area contributed by atoms with Gasteiger partial charge in [-0.2, -0.15) is 0 Å². The fourth-order valence-corrected chi connectivity index (χ4v) is 2.34. The molecule has 1 aromatic rings. The first-order valence-electron chi connectivity index (χ1n) is 5.25. The molecule has 0 bridgehead atoms. The van der Waals surface area contributed by atoms with Gasteiger partial charge in [0.1, 0.15) is 5.82 Å². The third-order valence-corrected chi connectivity index (χ3v) is 3.39. The van der Waals surface area contributed by atoms with E-state index < -0.39 is 5.41 Å². The van der Waals surface area contributed by atoms with Crippen LogP contribution in [0, 0.1) is 5.82 Å². The number of carbonyl (C=O) groups excluding carboxylic acids is 1. The fourth-order valence-electron chi connectivity index (χ4n) is 2.34. The first kappa shape index (κ1) is 10.1. The normalized spacial score (nSPS) is 17.4. The van der Waals surface area contributed by atoms with E-state index in [-0.39, 0.29) is 11.7 Å². The highest BCUT2D eigenvalue weighted by molar-refractivity contribution is 6.06. The molecule has 0 unspecified atom stereocenters. The van der Waals surface area contributed by atoms with Crippen molar-refractivity contribution >= 4 is 11.6 Å². The Balaban J connectivity index is 2.61. The van der Waals surface area contributed by atoms with Crippen LogP contribution < -0.4 is 5.32 Å². The topological polar surface area (TPSA) is 29.1 Å². The summed E-state index contributed by atoms with van der Waals surface area (Å²) >= 11 is 0. The lowest BCUT2D eigenvalue weighted by molar-refractivity contribution is -0.121. The van der Waals surface area contributed by atoms with E-state index in [0.29, 0.717) is 12.8 Å². The van der Waals surface area contributed by atoms with Crippen LogP contribution >= 0.6 is 0 Å². The molecule has 1 amide bonds. The summed E-state index contributed by atoms with van der Waals surface area (Å²) in [5, 5.41) is 2.81. The molecule has 1 aromatic carbocycles. The van der Waals surface area contributed by atoms with Crippen LogP contribution in [0.15, 0.2) is 18.2 Å². The van der Waals surface area contributed by atoms with Gasteiger partial charge in [0.2, 0.25) is 5.91 Å². The van der Waals surface area contributed by atoms with Crippen molar-refractivity contribution in [3.8, 4) is 0 Å². The molecular weight excluding hydrogens is 193 g/mol. The van der Waals surface area contributed by atoms with Crippen molar-refractivity contribution in [1.82, 2.24) is 0 Å². The maximum atomic E-state index is 13.2. The fraction of sp³-hybridized carbons (Fsp3) is 0.417. The summed E-state index contributed by atoms with van der Waals surface area (Å²) in [5.74, 6) is -0.287. The van der Waals surface area contributed by atoms with Gasteiger partial charge in [-0.1, -0.05) is 13.8 Å². The van der Waals surface area contributed by atoms with Gasteiger partial charge < -0.3 is 5.32 Å². The van der Waals surface area contributed by atoms with Gasteiger partial charge in [-0.05, 0) is 36.6 Å². The quantitative estimate of drug-likeness (QED) is 0.793. The highest BCUT2D eigenvalue weighted by Gasteiger charge is 2.43. The third kappa shape index (κ3) is 1.26. The number of anilines is 1. The largest absolute Gasteiger partial charge is 0.325 e. The number of nitrogens with one attached hydrogen (secondary N) is 1. The highest BCUT2D eigenvalue weighted by atomic mass is 19.1. The Kier molecular flexibility index (Phi) is 2.25. The molecule has 1 heterocycles. The Morgan fingerprint density at radius 1 is 1.33 bits per heavy atom. The molecule has 2 rings (SSSR count). The van der Waals surface area contributed by atoms with Gasteiger partial charge in [0.25, 0.3) is 0 Å². The maximum Gasteiger partial charge on any atom is 0.235 e. The SMILES string of the molecule is CCC1(CC)C(=O)Nc2ccc(F)cc21. The van der Waals surface area contributed by atoms with Crippen molar-refractivity contribution < 1.29 is 9.18 Å². The average Bonchev–Trinajstić information content (AvgIpc) is 2.50. The van der Waals surface area contributed by atoms with Gasteiger partial charge in [0, 0.05) is 5.69 Å². The van der Waals surface area contributed by atoms with Crippen LogP contribution in [0.5, 0.6) is 0 Å². The molecule has 0 atom stereocenters. The van der Waals surface area contributed by atoms with Gasteiger partial charge in [-0.15, -0.1) is 0 Å². The summed E-state index contributed by atoms with van der Waals surface area (Å²) in [6.45, 7) is 3.92.